The maximum atomic E-state index is 14.7. The summed E-state index contributed by atoms with van der Waals surface area (Å²) in [5.41, 5.74) is 7.24. The Morgan fingerprint density at radius 3 is 2.68 bits per heavy atom. The van der Waals surface area contributed by atoms with E-state index in [2.05, 4.69) is 25.3 Å². The lowest BCUT2D eigenvalue weighted by Gasteiger charge is -2.37. The van der Waals surface area contributed by atoms with Crippen LogP contribution in [0, 0.1) is 11.6 Å². The minimum atomic E-state index is -1.09. The van der Waals surface area contributed by atoms with Gasteiger partial charge in [0.2, 0.25) is 11.9 Å². The van der Waals surface area contributed by atoms with Gasteiger partial charge >= 0.3 is 0 Å². The first-order valence-corrected chi connectivity index (χ1v) is 14.7. The van der Waals surface area contributed by atoms with Crippen LogP contribution >= 0.6 is 0 Å². The van der Waals surface area contributed by atoms with E-state index in [-0.39, 0.29) is 29.5 Å². The van der Waals surface area contributed by atoms with E-state index in [1.54, 1.807) is 29.4 Å². The molecule has 0 saturated carbocycles. The normalized spacial score (nSPS) is 14.9. The van der Waals surface area contributed by atoms with Gasteiger partial charge in [0.25, 0.3) is 5.91 Å². The number of fused-ring (bicyclic) bond motifs is 1. The monoisotopic (exact) mass is 587 g/mol. The van der Waals surface area contributed by atoms with E-state index in [1.165, 1.54) is 16.8 Å². The Balaban J connectivity index is 1.17. The van der Waals surface area contributed by atoms with E-state index < -0.39 is 28.7 Å². The van der Waals surface area contributed by atoms with Crippen LogP contribution in [-0.4, -0.2) is 99.8 Å². The van der Waals surface area contributed by atoms with E-state index in [9.17, 15) is 18.1 Å². The standard InChI is InChI=1S/C26H31F2N9O3S/c1-34(26-31-23-16-20(22-4-3-12-40-22)33-37(23)25(29)32-26)6-7-35-8-10-36(11-9-35)21-14-17(18(27)15-19(21)28)24(38)30-5-13-41(2)39/h3-4,12,14-16H,5-11,13H2,1-2H3,(H,30,38)(H2,29,31,32)/t41-/m0/s1. The van der Waals surface area contributed by atoms with Gasteiger partial charge in [-0.25, -0.2) is 8.78 Å². The third-order valence-electron chi connectivity index (χ3n) is 6.87. The number of nitrogens with two attached hydrogens (primary N) is 1. The van der Waals surface area contributed by atoms with E-state index >= 15 is 0 Å². The lowest BCUT2D eigenvalue weighted by molar-refractivity contribution is 0.0952. The summed E-state index contributed by atoms with van der Waals surface area (Å²) in [6, 6.07) is 7.35. The van der Waals surface area contributed by atoms with Gasteiger partial charge in [-0.15, -0.1) is 0 Å². The maximum absolute atomic E-state index is 14.7. The third kappa shape index (κ3) is 6.52. The molecule has 1 saturated heterocycles. The number of aromatic nitrogens is 4. The van der Waals surface area contributed by atoms with Gasteiger partial charge in [-0.1, -0.05) is 11.2 Å². The number of carbonyl (C=O) groups excluding carboxylic acids is 1. The van der Waals surface area contributed by atoms with Crippen LogP contribution in [-0.2, 0) is 11.2 Å². The quantitative estimate of drug-likeness (QED) is 0.263. The van der Waals surface area contributed by atoms with Crippen molar-refractivity contribution in [3.63, 3.8) is 0 Å². The highest BCUT2D eigenvalue weighted by molar-refractivity contribution is 7.90. The van der Waals surface area contributed by atoms with Crippen molar-refractivity contribution >= 4 is 40.3 Å². The van der Waals surface area contributed by atoms with Crippen LogP contribution in [0.3, 0.4) is 0 Å². The van der Waals surface area contributed by atoms with E-state index in [4.69, 9.17) is 10.2 Å². The highest BCUT2D eigenvalue weighted by atomic mass is 32.2. The van der Waals surface area contributed by atoms with Gasteiger partial charge in [-0.3, -0.25) is 9.69 Å². The molecule has 1 amide bonds. The van der Waals surface area contributed by atoms with Crippen molar-refractivity contribution in [3.05, 3.63) is 53.8 Å². The Kier molecular flexibility index (Phi) is 8.56. The first kappa shape index (κ1) is 28.6. The number of rotatable bonds is 10. The maximum Gasteiger partial charge on any atom is 0.254 e. The van der Waals surface area contributed by atoms with E-state index in [0.29, 0.717) is 62.3 Å². The molecular formula is C26H31F2N9O3S. The second-order valence-corrected chi connectivity index (χ2v) is 11.3. The molecule has 218 valence electrons. The van der Waals surface area contributed by atoms with Crippen LogP contribution in [0.4, 0.5) is 26.4 Å². The first-order valence-electron chi connectivity index (χ1n) is 13.0. The average molecular weight is 588 g/mol. The third-order valence-corrected chi connectivity index (χ3v) is 7.65. The summed E-state index contributed by atoms with van der Waals surface area (Å²) in [5, 5.41) is 6.95. The van der Waals surface area contributed by atoms with Gasteiger partial charge in [0.15, 0.2) is 11.4 Å². The van der Waals surface area contributed by atoms with Crippen LogP contribution in [0.1, 0.15) is 10.4 Å². The molecular weight excluding hydrogens is 556 g/mol. The summed E-state index contributed by atoms with van der Waals surface area (Å²) < 4.78 is 47.2. The van der Waals surface area contributed by atoms with Crippen LogP contribution < -0.4 is 20.9 Å². The molecule has 1 aliphatic heterocycles. The zero-order valence-corrected chi connectivity index (χ0v) is 23.5. The largest absolute Gasteiger partial charge is 0.617 e. The van der Waals surface area contributed by atoms with Crippen molar-refractivity contribution in [3.8, 4) is 11.5 Å². The van der Waals surface area contributed by atoms with Crippen LogP contribution in [0.2, 0.25) is 0 Å². The lowest BCUT2D eigenvalue weighted by Crippen LogP contribution is -2.48. The Morgan fingerprint density at radius 1 is 1.20 bits per heavy atom. The second kappa shape index (κ2) is 12.3. The Labute approximate surface area is 238 Å². The summed E-state index contributed by atoms with van der Waals surface area (Å²) in [4.78, 5) is 27.4. The molecule has 1 aromatic carbocycles. The fourth-order valence-corrected chi connectivity index (χ4v) is 4.96. The van der Waals surface area contributed by atoms with Crippen molar-refractivity contribution in [2.24, 2.45) is 0 Å². The Morgan fingerprint density at radius 2 is 1.98 bits per heavy atom. The van der Waals surface area contributed by atoms with Gasteiger partial charge in [-0.2, -0.15) is 19.6 Å². The number of hydrogen-bond acceptors (Lipinski definition) is 10. The van der Waals surface area contributed by atoms with Gasteiger partial charge in [0, 0.05) is 58.4 Å². The number of benzene rings is 1. The molecule has 0 unspecified atom stereocenters. The zero-order chi connectivity index (χ0) is 29.1. The van der Waals surface area contributed by atoms with Crippen LogP contribution in [0.15, 0.2) is 41.0 Å². The molecule has 3 aromatic heterocycles. The zero-order valence-electron chi connectivity index (χ0n) is 22.7. The van der Waals surface area contributed by atoms with Crippen molar-refractivity contribution in [1.82, 2.24) is 29.8 Å². The summed E-state index contributed by atoms with van der Waals surface area (Å²) in [7, 11) is 1.88. The number of nitrogen functional groups attached to an aromatic ring is 1. The molecule has 12 nitrogen and oxygen atoms in total. The lowest BCUT2D eigenvalue weighted by atomic mass is 10.1. The number of anilines is 3. The number of furan rings is 1. The second-order valence-electron chi connectivity index (χ2n) is 9.73. The van der Waals surface area contributed by atoms with Crippen LogP contribution in [0.25, 0.3) is 17.1 Å². The van der Waals surface area contributed by atoms with Crippen molar-refractivity contribution in [1.29, 1.82) is 0 Å². The average Bonchev–Trinajstić information content (AvgIpc) is 3.62. The van der Waals surface area contributed by atoms with Crippen LogP contribution in [0.5, 0.6) is 0 Å². The smallest absolute Gasteiger partial charge is 0.254 e. The van der Waals surface area contributed by atoms with Gasteiger partial charge in [0.1, 0.15) is 23.1 Å². The SMILES string of the molecule is CN(CCN1CCN(c2cc(C(=O)NCC[S@+](C)[O-])c(F)cc2F)CC1)c1nc(N)n2nc(-c3ccco3)cc2n1. The van der Waals surface area contributed by atoms with E-state index in [1.807, 2.05) is 11.9 Å². The molecule has 4 heterocycles. The predicted molar refractivity (Wildman–Crippen MR) is 152 cm³/mol. The number of amides is 1. The number of nitrogens with one attached hydrogen (secondary N) is 1. The highest BCUT2D eigenvalue weighted by Gasteiger charge is 2.24. The van der Waals surface area contributed by atoms with Gasteiger partial charge in [-0.05, 0) is 18.2 Å². The van der Waals surface area contributed by atoms with Crippen molar-refractivity contribution < 1.29 is 22.5 Å². The molecule has 0 radical (unpaired) electrons. The molecule has 3 N–H and O–H groups in total. The highest BCUT2D eigenvalue weighted by Crippen LogP contribution is 2.25. The fourth-order valence-electron chi connectivity index (χ4n) is 4.57. The first-order chi connectivity index (χ1) is 19.7. The molecule has 1 aliphatic rings. The number of nitrogens with zero attached hydrogens (tertiary/aromatic N) is 7. The molecule has 1 fully saturated rings. The molecule has 41 heavy (non-hydrogen) atoms. The van der Waals surface area contributed by atoms with Gasteiger partial charge in [0.05, 0.1) is 30.3 Å². The summed E-state index contributed by atoms with van der Waals surface area (Å²) in [6.07, 6.45) is 3.09. The summed E-state index contributed by atoms with van der Waals surface area (Å²) in [5.74, 6) is -0.788. The minimum Gasteiger partial charge on any atom is -0.617 e. The molecule has 4 aromatic rings. The van der Waals surface area contributed by atoms with Gasteiger partial charge < -0.3 is 29.8 Å². The predicted octanol–water partition coefficient (Wildman–Crippen LogP) is 1.61. The Bertz CT molecular complexity index is 1510. The molecule has 5 rings (SSSR count). The fraction of sp³-hybridized carbons (Fsp3) is 0.385. The molecule has 1 atom stereocenters. The van der Waals surface area contributed by atoms with E-state index in [0.717, 1.165) is 6.07 Å². The van der Waals surface area contributed by atoms with Crippen molar-refractivity contribution in [2.45, 2.75) is 0 Å². The summed E-state index contributed by atoms with van der Waals surface area (Å²) in [6.45, 7) is 3.75. The number of halogens is 2. The Hall–Kier alpha value is -3.95. The topological polar surface area (TPSA) is 144 Å². The van der Waals surface area contributed by atoms with Crippen molar-refractivity contribution in [2.75, 3.05) is 80.4 Å². The number of carbonyl (C=O) groups is 1. The number of piperazine rings is 1. The molecule has 0 spiro atoms. The summed E-state index contributed by atoms with van der Waals surface area (Å²) >= 11 is -1.09. The molecule has 15 heteroatoms. The number of hydrogen-bond donors (Lipinski definition) is 2. The molecule has 0 bridgehead atoms. The number of likely N-dealkylation sites (N-methyl/N-ethyl adjacent to an activating group) is 1. The molecule has 0 aliphatic carbocycles. The minimum absolute atomic E-state index is 0.140.